The summed E-state index contributed by atoms with van der Waals surface area (Å²) in [6, 6.07) is 17.4. The minimum absolute atomic E-state index is 0.133. The molecular formula is C22H21BrN2O4. The zero-order valence-electron chi connectivity index (χ0n) is 16.1. The Morgan fingerprint density at radius 1 is 0.966 bits per heavy atom. The number of halogens is 1. The van der Waals surface area contributed by atoms with Gasteiger partial charge in [0.15, 0.2) is 10.4 Å². The van der Waals surface area contributed by atoms with Crippen LogP contribution >= 0.6 is 15.9 Å². The van der Waals surface area contributed by atoms with Crippen molar-refractivity contribution in [2.45, 2.75) is 26.6 Å². The Bertz CT molecular complexity index is 1010. The number of ether oxygens (including phenoxy) is 1. The van der Waals surface area contributed by atoms with E-state index in [2.05, 4.69) is 26.6 Å². The lowest BCUT2D eigenvalue weighted by molar-refractivity contribution is 0.0657. The van der Waals surface area contributed by atoms with Crippen LogP contribution < -0.4 is 10.6 Å². The first-order chi connectivity index (χ1) is 13.9. The van der Waals surface area contributed by atoms with Crippen molar-refractivity contribution >= 4 is 39.1 Å². The molecule has 0 saturated carbocycles. The second kappa shape index (κ2) is 9.54. The highest BCUT2D eigenvalue weighted by molar-refractivity contribution is 9.10. The van der Waals surface area contributed by atoms with Gasteiger partial charge in [-0.25, -0.2) is 0 Å². The third-order valence-electron chi connectivity index (χ3n) is 3.95. The van der Waals surface area contributed by atoms with Gasteiger partial charge in [0.1, 0.15) is 0 Å². The normalized spacial score (nSPS) is 10.8. The van der Waals surface area contributed by atoms with E-state index in [9.17, 15) is 9.59 Å². The van der Waals surface area contributed by atoms with Crippen LogP contribution in [-0.2, 0) is 11.3 Å². The molecule has 0 aliphatic carbocycles. The summed E-state index contributed by atoms with van der Waals surface area (Å²) in [5.41, 5.74) is 2.57. The van der Waals surface area contributed by atoms with Gasteiger partial charge < -0.3 is 19.8 Å². The Morgan fingerprint density at radius 2 is 1.66 bits per heavy atom. The topological polar surface area (TPSA) is 80.6 Å². The van der Waals surface area contributed by atoms with E-state index < -0.39 is 5.91 Å². The van der Waals surface area contributed by atoms with Crippen molar-refractivity contribution in [3.05, 3.63) is 82.2 Å². The lowest BCUT2D eigenvalue weighted by Gasteiger charge is -2.10. The number of anilines is 2. The number of carbonyl (C=O) groups is 2. The maximum Gasteiger partial charge on any atom is 0.291 e. The van der Waals surface area contributed by atoms with Crippen LogP contribution in [0.3, 0.4) is 0 Å². The van der Waals surface area contributed by atoms with Crippen LogP contribution in [0.2, 0.25) is 0 Å². The number of rotatable bonds is 7. The second-order valence-corrected chi connectivity index (χ2v) is 7.43. The average Bonchev–Trinajstić information content (AvgIpc) is 3.13. The summed E-state index contributed by atoms with van der Waals surface area (Å²) < 4.78 is 11.3. The zero-order chi connectivity index (χ0) is 20.8. The molecule has 3 rings (SSSR count). The fourth-order valence-corrected chi connectivity index (χ4v) is 2.88. The largest absolute Gasteiger partial charge is 0.444 e. The quantitative estimate of drug-likeness (QED) is 0.493. The van der Waals surface area contributed by atoms with Gasteiger partial charge in [-0.05, 0) is 77.8 Å². The molecular weight excluding hydrogens is 436 g/mol. The standard InChI is InChI=1S/C22H21BrN2O4/c1-14(2)28-13-15-5-3-7-17(11-15)24-21(26)16-6-4-8-18(12-16)25-22(27)19-9-10-20(23)29-19/h3-12,14H,13H2,1-2H3,(H,24,26)(H,25,27). The van der Waals surface area contributed by atoms with E-state index in [1.807, 2.05) is 38.1 Å². The predicted octanol–water partition coefficient (Wildman–Crippen LogP) is 5.47. The smallest absolute Gasteiger partial charge is 0.291 e. The molecule has 0 spiro atoms. The van der Waals surface area contributed by atoms with Crippen molar-refractivity contribution in [1.29, 1.82) is 0 Å². The highest BCUT2D eigenvalue weighted by Crippen LogP contribution is 2.18. The molecule has 0 unspecified atom stereocenters. The highest BCUT2D eigenvalue weighted by atomic mass is 79.9. The minimum atomic E-state index is -0.397. The molecule has 1 aromatic heterocycles. The van der Waals surface area contributed by atoms with Gasteiger partial charge in [0.05, 0.1) is 12.7 Å². The van der Waals surface area contributed by atoms with Crippen LogP contribution in [0.4, 0.5) is 11.4 Å². The van der Waals surface area contributed by atoms with Crippen molar-refractivity contribution in [2.24, 2.45) is 0 Å². The molecule has 2 amide bonds. The minimum Gasteiger partial charge on any atom is -0.444 e. The number of benzene rings is 2. The number of nitrogens with one attached hydrogen (secondary N) is 2. The number of hydrogen-bond acceptors (Lipinski definition) is 4. The van der Waals surface area contributed by atoms with E-state index in [0.717, 1.165) is 5.56 Å². The third-order valence-corrected chi connectivity index (χ3v) is 4.37. The molecule has 0 aliphatic rings. The molecule has 0 radical (unpaired) electrons. The average molecular weight is 457 g/mol. The first-order valence-electron chi connectivity index (χ1n) is 9.09. The van der Waals surface area contributed by atoms with Crippen molar-refractivity contribution in [1.82, 2.24) is 0 Å². The lowest BCUT2D eigenvalue weighted by atomic mass is 10.1. The molecule has 1 heterocycles. The highest BCUT2D eigenvalue weighted by Gasteiger charge is 2.12. The van der Waals surface area contributed by atoms with Crippen molar-refractivity contribution in [2.75, 3.05) is 10.6 Å². The molecule has 2 N–H and O–H groups in total. The summed E-state index contributed by atoms with van der Waals surface area (Å²) in [4.78, 5) is 24.8. The van der Waals surface area contributed by atoms with Gasteiger partial charge in [-0.3, -0.25) is 9.59 Å². The maximum atomic E-state index is 12.6. The third kappa shape index (κ3) is 6.04. The molecule has 150 valence electrons. The summed E-state index contributed by atoms with van der Waals surface area (Å²) in [5, 5.41) is 5.59. The van der Waals surface area contributed by atoms with Gasteiger partial charge >= 0.3 is 0 Å². The second-order valence-electron chi connectivity index (χ2n) is 6.65. The van der Waals surface area contributed by atoms with E-state index in [-0.39, 0.29) is 17.8 Å². The number of amides is 2. The van der Waals surface area contributed by atoms with Gasteiger partial charge in [0.25, 0.3) is 11.8 Å². The summed E-state index contributed by atoms with van der Waals surface area (Å²) in [6.07, 6.45) is 0.133. The van der Waals surface area contributed by atoms with E-state index in [1.54, 1.807) is 36.4 Å². The lowest BCUT2D eigenvalue weighted by Crippen LogP contribution is -2.14. The summed E-state index contributed by atoms with van der Waals surface area (Å²) in [5.74, 6) is -0.498. The van der Waals surface area contributed by atoms with Crippen LogP contribution in [0, 0.1) is 0 Å². The fraction of sp³-hybridized carbons (Fsp3) is 0.182. The van der Waals surface area contributed by atoms with Crippen LogP contribution in [0.25, 0.3) is 0 Å². The Labute approximate surface area is 177 Å². The number of carbonyl (C=O) groups excluding carboxylic acids is 2. The van der Waals surface area contributed by atoms with Crippen molar-refractivity contribution in [3.63, 3.8) is 0 Å². The maximum absolute atomic E-state index is 12.6. The first kappa shape index (κ1) is 20.8. The predicted molar refractivity (Wildman–Crippen MR) is 115 cm³/mol. The summed E-state index contributed by atoms with van der Waals surface area (Å²) in [6.45, 7) is 4.43. The Hall–Kier alpha value is -2.90. The molecule has 0 aliphatic heterocycles. The molecule has 2 aromatic carbocycles. The van der Waals surface area contributed by atoms with Gasteiger partial charge in [-0.15, -0.1) is 0 Å². The van der Waals surface area contributed by atoms with Gasteiger partial charge in [0.2, 0.25) is 0 Å². The molecule has 3 aromatic rings. The fourth-order valence-electron chi connectivity index (χ4n) is 2.57. The van der Waals surface area contributed by atoms with E-state index in [1.165, 1.54) is 0 Å². The Kier molecular flexibility index (Phi) is 6.85. The molecule has 0 saturated heterocycles. The SMILES string of the molecule is CC(C)OCc1cccc(NC(=O)c2cccc(NC(=O)c3ccc(Br)o3)c2)c1. The summed E-state index contributed by atoms with van der Waals surface area (Å²) in [7, 11) is 0. The van der Waals surface area contributed by atoms with Crippen LogP contribution in [0.1, 0.15) is 40.3 Å². The Balaban J connectivity index is 1.66. The van der Waals surface area contributed by atoms with Crippen LogP contribution in [-0.4, -0.2) is 17.9 Å². The number of hydrogen-bond donors (Lipinski definition) is 2. The molecule has 7 heteroatoms. The summed E-state index contributed by atoms with van der Waals surface area (Å²) >= 11 is 3.16. The van der Waals surface area contributed by atoms with Crippen molar-refractivity contribution < 1.29 is 18.7 Å². The molecule has 0 fully saturated rings. The molecule has 0 bridgehead atoms. The Morgan fingerprint density at radius 3 is 2.34 bits per heavy atom. The first-order valence-corrected chi connectivity index (χ1v) is 9.88. The van der Waals surface area contributed by atoms with Gasteiger partial charge in [-0.2, -0.15) is 0 Å². The monoisotopic (exact) mass is 456 g/mol. The van der Waals surface area contributed by atoms with Crippen molar-refractivity contribution in [3.8, 4) is 0 Å². The zero-order valence-corrected chi connectivity index (χ0v) is 17.7. The molecule has 0 atom stereocenters. The number of furan rings is 1. The van der Waals surface area contributed by atoms with Gasteiger partial charge in [-0.1, -0.05) is 18.2 Å². The van der Waals surface area contributed by atoms with E-state index >= 15 is 0 Å². The van der Waals surface area contributed by atoms with Gasteiger partial charge in [0, 0.05) is 16.9 Å². The van der Waals surface area contributed by atoms with Crippen LogP contribution in [0.15, 0.2) is 69.8 Å². The molecule has 6 nitrogen and oxygen atoms in total. The molecule has 29 heavy (non-hydrogen) atoms. The van der Waals surface area contributed by atoms with E-state index in [0.29, 0.717) is 28.2 Å². The van der Waals surface area contributed by atoms with E-state index in [4.69, 9.17) is 9.15 Å². The van der Waals surface area contributed by atoms with Crippen LogP contribution in [0.5, 0.6) is 0 Å².